The Bertz CT molecular complexity index is 590. The fourth-order valence-corrected chi connectivity index (χ4v) is 3.50. The highest BCUT2D eigenvalue weighted by atomic mass is 32.1. The summed E-state index contributed by atoms with van der Waals surface area (Å²) in [6.07, 6.45) is 2.97. The fourth-order valence-electron chi connectivity index (χ4n) is 2.80. The number of piperidine rings is 1. The van der Waals surface area contributed by atoms with Crippen LogP contribution in [0.1, 0.15) is 28.7 Å². The van der Waals surface area contributed by atoms with Gasteiger partial charge in [0.25, 0.3) is 5.91 Å². The third kappa shape index (κ3) is 3.36. The summed E-state index contributed by atoms with van der Waals surface area (Å²) in [6.45, 7) is 4.89. The molecule has 3 heterocycles. The maximum Gasteiger partial charge on any atom is 0.268 e. The molecule has 2 N–H and O–H groups in total. The second kappa shape index (κ2) is 6.45. The van der Waals surface area contributed by atoms with Crippen LogP contribution in [0.3, 0.4) is 0 Å². The Balaban J connectivity index is 1.68. The molecule has 2 aromatic rings. The molecule has 2 atom stereocenters. The van der Waals surface area contributed by atoms with E-state index in [1.165, 1.54) is 4.88 Å². The first-order chi connectivity index (χ1) is 10.2. The van der Waals surface area contributed by atoms with Gasteiger partial charge in [0.05, 0.1) is 6.54 Å². The zero-order chi connectivity index (χ0) is 14.7. The van der Waals surface area contributed by atoms with E-state index < -0.39 is 0 Å². The van der Waals surface area contributed by atoms with Crippen LogP contribution in [-0.2, 0) is 6.54 Å². The molecule has 2 unspecified atom stereocenters. The summed E-state index contributed by atoms with van der Waals surface area (Å²) >= 11 is 1.72. The van der Waals surface area contributed by atoms with Crippen molar-refractivity contribution in [2.75, 3.05) is 13.1 Å². The standard InChI is InChI=1S/C16H21N3OS/c1-12-10-17-7-6-14(12)18-16(20)15-5-2-8-19(15)11-13-4-3-9-21-13/h2-5,8-9,12,14,17H,6-7,10-11H2,1H3,(H,18,20). The van der Waals surface area contributed by atoms with E-state index in [1.54, 1.807) is 11.3 Å². The van der Waals surface area contributed by atoms with E-state index in [0.29, 0.717) is 5.92 Å². The van der Waals surface area contributed by atoms with Gasteiger partial charge in [-0.2, -0.15) is 0 Å². The van der Waals surface area contributed by atoms with Gasteiger partial charge in [0.2, 0.25) is 0 Å². The third-order valence-corrected chi connectivity index (χ3v) is 4.93. The molecule has 1 saturated heterocycles. The van der Waals surface area contributed by atoms with Crippen molar-refractivity contribution in [2.45, 2.75) is 25.9 Å². The van der Waals surface area contributed by atoms with E-state index >= 15 is 0 Å². The summed E-state index contributed by atoms with van der Waals surface area (Å²) in [7, 11) is 0. The number of carbonyl (C=O) groups excluding carboxylic acids is 1. The predicted octanol–water partition coefficient (Wildman–Crippen LogP) is 2.33. The molecule has 0 aromatic carbocycles. The van der Waals surface area contributed by atoms with Gasteiger partial charge >= 0.3 is 0 Å². The summed E-state index contributed by atoms with van der Waals surface area (Å²) in [5, 5.41) is 8.62. The van der Waals surface area contributed by atoms with Crippen molar-refractivity contribution in [3.05, 3.63) is 46.4 Å². The zero-order valence-electron chi connectivity index (χ0n) is 12.2. The Kier molecular flexibility index (Phi) is 4.41. The predicted molar refractivity (Wildman–Crippen MR) is 85.8 cm³/mol. The lowest BCUT2D eigenvalue weighted by Crippen LogP contribution is -2.48. The van der Waals surface area contributed by atoms with E-state index in [9.17, 15) is 4.79 Å². The van der Waals surface area contributed by atoms with E-state index in [1.807, 2.05) is 29.0 Å². The number of amides is 1. The highest BCUT2D eigenvalue weighted by Gasteiger charge is 2.24. The Labute approximate surface area is 129 Å². The molecule has 2 aromatic heterocycles. The molecule has 112 valence electrons. The third-order valence-electron chi connectivity index (χ3n) is 4.07. The molecule has 4 nitrogen and oxygen atoms in total. The first-order valence-electron chi connectivity index (χ1n) is 7.43. The Morgan fingerprint density at radius 1 is 1.48 bits per heavy atom. The minimum absolute atomic E-state index is 0.0373. The van der Waals surface area contributed by atoms with Crippen molar-refractivity contribution in [2.24, 2.45) is 5.92 Å². The first kappa shape index (κ1) is 14.4. The Hall–Kier alpha value is -1.59. The van der Waals surface area contributed by atoms with Crippen LogP contribution in [-0.4, -0.2) is 29.6 Å². The molecule has 1 amide bonds. The fraction of sp³-hybridized carbons (Fsp3) is 0.438. The summed E-state index contributed by atoms with van der Waals surface area (Å²) < 4.78 is 2.02. The summed E-state index contributed by atoms with van der Waals surface area (Å²) in [5.41, 5.74) is 0.745. The molecule has 3 rings (SSSR count). The van der Waals surface area contributed by atoms with Crippen LogP contribution in [0, 0.1) is 5.92 Å². The molecule has 0 radical (unpaired) electrons. The number of rotatable bonds is 4. The molecule has 0 bridgehead atoms. The zero-order valence-corrected chi connectivity index (χ0v) is 13.0. The highest BCUT2D eigenvalue weighted by molar-refractivity contribution is 7.09. The second-order valence-electron chi connectivity index (χ2n) is 5.65. The minimum Gasteiger partial charge on any atom is -0.348 e. The number of nitrogens with one attached hydrogen (secondary N) is 2. The maximum atomic E-state index is 12.5. The van der Waals surface area contributed by atoms with Crippen LogP contribution in [0.5, 0.6) is 0 Å². The van der Waals surface area contributed by atoms with Crippen molar-refractivity contribution in [1.82, 2.24) is 15.2 Å². The summed E-state index contributed by atoms with van der Waals surface area (Å²) in [6, 6.07) is 8.24. The topological polar surface area (TPSA) is 46.1 Å². The van der Waals surface area contributed by atoms with Crippen molar-refractivity contribution >= 4 is 17.2 Å². The molecule has 1 fully saturated rings. The molecule has 0 spiro atoms. The minimum atomic E-state index is 0.0373. The van der Waals surface area contributed by atoms with Crippen LogP contribution in [0.2, 0.25) is 0 Å². The van der Waals surface area contributed by atoms with Crippen molar-refractivity contribution in [1.29, 1.82) is 0 Å². The monoisotopic (exact) mass is 303 g/mol. The van der Waals surface area contributed by atoms with Crippen molar-refractivity contribution in [3.8, 4) is 0 Å². The lowest BCUT2D eigenvalue weighted by Gasteiger charge is -2.30. The average Bonchev–Trinajstić information content (AvgIpc) is 3.13. The van der Waals surface area contributed by atoms with Crippen molar-refractivity contribution < 1.29 is 4.79 Å². The van der Waals surface area contributed by atoms with Gasteiger partial charge in [0.1, 0.15) is 5.69 Å². The molecular weight excluding hydrogens is 282 g/mol. The number of nitrogens with zero attached hydrogens (tertiary/aromatic N) is 1. The normalized spacial score (nSPS) is 22.1. The van der Waals surface area contributed by atoms with Crippen molar-refractivity contribution in [3.63, 3.8) is 0 Å². The van der Waals surface area contributed by atoms with Crippen LogP contribution < -0.4 is 10.6 Å². The molecular formula is C16H21N3OS. The largest absolute Gasteiger partial charge is 0.348 e. The summed E-state index contributed by atoms with van der Waals surface area (Å²) in [5.74, 6) is 0.513. The van der Waals surface area contributed by atoms with E-state index in [0.717, 1.165) is 31.7 Å². The molecule has 21 heavy (non-hydrogen) atoms. The average molecular weight is 303 g/mol. The maximum absolute atomic E-state index is 12.5. The Morgan fingerprint density at radius 3 is 3.14 bits per heavy atom. The number of hydrogen-bond donors (Lipinski definition) is 2. The van der Waals surface area contributed by atoms with Crippen LogP contribution in [0.4, 0.5) is 0 Å². The van der Waals surface area contributed by atoms with E-state index in [-0.39, 0.29) is 11.9 Å². The van der Waals surface area contributed by atoms with Gasteiger partial charge in [-0.3, -0.25) is 4.79 Å². The molecule has 5 heteroatoms. The second-order valence-corrected chi connectivity index (χ2v) is 6.68. The Morgan fingerprint density at radius 2 is 2.38 bits per heavy atom. The first-order valence-corrected chi connectivity index (χ1v) is 8.31. The van der Waals surface area contributed by atoms with Gasteiger partial charge in [0, 0.05) is 17.1 Å². The molecule has 0 aliphatic carbocycles. The number of hydrogen-bond acceptors (Lipinski definition) is 3. The quantitative estimate of drug-likeness (QED) is 0.910. The lowest BCUT2D eigenvalue weighted by atomic mass is 9.95. The van der Waals surface area contributed by atoms with Gasteiger partial charge in [-0.15, -0.1) is 11.3 Å². The van der Waals surface area contributed by atoms with Gasteiger partial charge in [-0.05, 0) is 49.0 Å². The molecule has 1 aliphatic rings. The lowest BCUT2D eigenvalue weighted by molar-refractivity contribution is 0.0905. The van der Waals surface area contributed by atoms with Gasteiger partial charge < -0.3 is 15.2 Å². The van der Waals surface area contributed by atoms with Crippen LogP contribution in [0.25, 0.3) is 0 Å². The van der Waals surface area contributed by atoms with E-state index in [2.05, 4.69) is 29.0 Å². The highest BCUT2D eigenvalue weighted by Crippen LogP contribution is 2.15. The SMILES string of the molecule is CC1CNCCC1NC(=O)c1cccn1Cc1cccs1. The number of thiophene rings is 1. The molecule has 0 saturated carbocycles. The smallest absolute Gasteiger partial charge is 0.268 e. The van der Waals surface area contributed by atoms with Crippen LogP contribution in [0.15, 0.2) is 35.8 Å². The van der Waals surface area contributed by atoms with Gasteiger partial charge in [-0.25, -0.2) is 0 Å². The van der Waals surface area contributed by atoms with Crippen LogP contribution >= 0.6 is 11.3 Å². The van der Waals surface area contributed by atoms with Gasteiger partial charge in [0.15, 0.2) is 0 Å². The number of aromatic nitrogens is 1. The van der Waals surface area contributed by atoms with E-state index in [4.69, 9.17) is 0 Å². The van der Waals surface area contributed by atoms with Gasteiger partial charge in [-0.1, -0.05) is 13.0 Å². The summed E-state index contributed by atoms with van der Waals surface area (Å²) in [4.78, 5) is 13.8. The molecule has 1 aliphatic heterocycles. The number of carbonyl (C=O) groups is 1.